The lowest BCUT2D eigenvalue weighted by atomic mass is 10.1. The highest BCUT2D eigenvalue weighted by Gasteiger charge is 2.21. The van der Waals surface area contributed by atoms with E-state index in [1.165, 1.54) is 0 Å². The van der Waals surface area contributed by atoms with Crippen LogP contribution in [0.4, 0.5) is 0 Å². The van der Waals surface area contributed by atoms with Gasteiger partial charge in [-0.1, -0.05) is 18.2 Å². The molecule has 7 nitrogen and oxygen atoms in total. The number of carbonyl (C=O) groups excluding carboxylic acids is 1. The number of amides is 1. The van der Waals surface area contributed by atoms with Crippen LogP contribution in [-0.2, 0) is 7.05 Å². The Labute approximate surface area is 150 Å². The minimum atomic E-state index is -0.330. The average molecular weight is 348 g/mol. The Morgan fingerprint density at radius 2 is 2.00 bits per heavy atom. The SMILES string of the molecule is Cn1nc(-c2cnc3[nH]cc(C(=O)NC(C)(C)C)c3n2)c2ccccc21. The Kier molecular flexibility index (Phi) is 3.54. The van der Waals surface area contributed by atoms with Crippen molar-refractivity contribution in [1.29, 1.82) is 0 Å². The molecule has 4 rings (SSSR count). The number of H-pyrrole nitrogens is 1. The monoisotopic (exact) mass is 348 g/mol. The second kappa shape index (κ2) is 5.66. The molecule has 0 saturated heterocycles. The predicted molar refractivity (Wildman–Crippen MR) is 101 cm³/mol. The van der Waals surface area contributed by atoms with Crippen LogP contribution < -0.4 is 5.32 Å². The molecule has 0 atom stereocenters. The Morgan fingerprint density at radius 1 is 1.23 bits per heavy atom. The van der Waals surface area contributed by atoms with Crippen molar-refractivity contribution in [2.45, 2.75) is 26.3 Å². The first-order valence-electron chi connectivity index (χ1n) is 8.42. The number of benzene rings is 1. The number of hydrogen-bond donors (Lipinski definition) is 2. The molecule has 0 saturated carbocycles. The Hall–Kier alpha value is -3.22. The molecule has 0 fully saturated rings. The smallest absolute Gasteiger partial charge is 0.255 e. The van der Waals surface area contributed by atoms with E-state index in [0.29, 0.717) is 22.4 Å². The number of rotatable bonds is 2. The molecule has 7 heteroatoms. The zero-order valence-electron chi connectivity index (χ0n) is 15.2. The van der Waals surface area contributed by atoms with E-state index in [-0.39, 0.29) is 11.4 Å². The lowest BCUT2D eigenvalue weighted by Gasteiger charge is -2.19. The molecule has 0 aliphatic rings. The molecule has 0 bridgehead atoms. The van der Waals surface area contributed by atoms with Gasteiger partial charge in [0.1, 0.15) is 16.9 Å². The molecule has 0 aliphatic carbocycles. The van der Waals surface area contributed by atoms with Crippen LogP contribution in [0.3, 0.4) is 0 Å². The molecule has 2 N–H and O–H groups in total. The standard InChI is InChI=1S/C19H20N6O/c1-19(2,3)23-18(26)12-9-20-17-16(12)22-13(10-21-17)15-11-7-5-6-8-14(11)25(4)24-15/h5-10H,1-4H3,(H,20,21)(H,23,26). The second-order valence-electron chi connectivity index (χ2n) is 7.35. The number of hydrogen-bond acceptors (Lipinski definition) is 4. The van der Waals surface area contributed by atoms with Gasteiger partial charge in [-0.2, -0.15) is 5.10 Å². The molecule has 0 aliphatic heterocycles. The normalized spacial score (nSPS) is 12.0. The van der Waals surface area contributed by atoms with Crippen LogP contribution in [0.2, 0.25) is 0 Å². The lowest BCUT2D eigenvalue weighted by molar-refractivity contribution is 0.0921. The first kappa shape index (κ1) is 16.3. The summed E-state index contributed by atoms with van der Waals surface area (Å²) >= 11 is 0. The van der Waals surface area contributed by atoms with Crippen LogP contribution in [0.5, 0.6) is 0 Å². The molecular weight excluding hydrogens is 328 g/mol. The van der Waals surface area contributed by atoms with E-state index >= 15 is 0 Å². The maximum absolute atomic E-state index is 12.6. The number of para-hydroxylation sites is 1. The third-order valence-corrected chi connectivity index (χ3v) is 4.11. The van der Waals surface area contributed by atoms with Gasteiger partial charge in [-0.05, 0) is 26.8 Å². The van der Waals surface area contributed by atoms with Gasteiger partial charge in [0.25, 0.3) is 5.91 Å². The molecule has 4 aromatic rings. The summed E-state index contributed by atoms with van der Waals surface area (Å²) in [5.74, 6) is -0.180. The molecule has 3 aromatic heterocycles. The first-order chi connectivity index (χ1) is 12.3. The van der Waals surface area contributed by atoms with Gasteiger partial charge in [0.15, 0.2) is 5.65 Å². The van der Waals surface area contributed by atoms with E-state index in [4.69, 9.17) is 0 Å². The van der Waals surface area contributed by atoms with Crippen LogP contribution >= 0.6 is 0 Å². The van der Waals surface area contributed by atoms with E-state index in [1.807, 2.05) is 56.8 Å². The van der Waals surface area contributed by atoms with Gasteiger partial charge >= 0.3 is 0 Å². The highest BCUT2D eigenvalue weighted by atomic mass is 16.1. The summed E-state index contributed by atoms with van der Waals surface area (Å²) in [7, 11) is 1.90. The molecular formula is C19H20N6O. The number of aryl methyl sites for hydroxylation is 1. The van der Waals surface area contributed by atoms with Gasteiger partial charge in [0.05, 0.1) is 17.3 Å². The molecule has 0 spiro atoms. The highest BCUT2D eigenvalue weighted by molar-refractivity contribution is 6.05. The maximum Gasteiger partial charge on any atom is 0.255 e. The summed E-state index contributed by atoms with van der Waals surface area (Å²) in [6.45, 7) is 5.82. The summed E-state index contributed by atoms with van der Waals surface area (Å²) in [6, 6.07) is 7.96. The number of aromatic nitrogens is 5. The van der Waals surface area contributed by atoms with Crippen molar-refractivity contribution >= 4 is 28.0 Å². The molecule has 26 heavy (non-hydrogen) atoms. The summed E-state index contributed by atoms with van der Waals surface area (Å²) in [5.41, 5.74) is 3.67. The molecule has 1 amide bonds. The van der Waals surface area contributed by atoms with Gasteiger partial charge in [0.2, 0.25) is 0 Å². The maximum atomic E-state index is 12.6. The number of aromatic amines is 1. The van der Waals surface area contributed by atoms with E-state index in [1.54, 1.807) is 12.4 Å². The van der Waals surface area contributed by atoms with Crippen LogP contribution in [0.25, 0.3) is 33.5 Å². The third-order valence-electron chi connectivity index (χ3n) is 4.11. The molecule has 3 heterocycles. The fourth-order valence-corrected chi connectivity index (χ4v) is 2.99. The van der Waals surface area contributed by atoms with Crippen LogP contribution in [-0.4, -0.2) is 36.2 Å². The zero-order valence-corrected chi connectivity index (χ0v) is 15.2. The topological polar surface area (TPSA) is 88.5 Å². The van der Waals surface area contributed by atoms with Gasteiger partial charge in [-0.25, -0.2) is 9.97 Å². The summed E-state index contributed by atoms with van der Waals surface area (Å²) in [5, 5.41) is 8.55. The number of nitrogens with one attached hydrogen (secondary N) is 2. The van der Waals surface area contributed by atoms with Crippen molar-refractivity contribution in [2.24, 2.45) is 7.05 Å². The zero-order chi connectivity index (χ0) is 18.5. The number of fused-ring (bicyclic) bond motifs is 2. The van der Waals surface area contributed by atoms with Crippen molar-refractivity contribution in [2.75, 3.05) is 0 Å². The van der Waals surface area contributed by atoms with Gasteiger partial charge in [-0.15, -0.1) is 0 Å². The minimum absolute atomic E-state index is 0.180. The van der Waals surface area contributed by atoms with Crippen molar-refractivity contribution in [3.05, 3.63) is 42.2 Å². The molecule has 0 unspecified atom stereocenters. The predicted octanol–water partition coefficient (Wildman–Crippen LogP) is 3.04. The average Bonchev–Trinajstić information content (AvgIpc) is 3.15. The fraction of sp³-hybridized carbons (Fsp3) is 0.263. The van der Waals surface area contributed by atoms with E-state index < -0.39 is 0 Å². The van der Waals surface area contributed by atoms with Gasteiger partial charge in [0, 0.05) is 24.2 Å². The highest BCUT2D eigenvalue weighted by Crippen LogP contribution is 2.27. The Bertz CT molecular complexity index is 1130. The second-order valence-corrected chi connectivity index (χ2v) is 7.35. The van der Waals surface area contributed by atoms with Gasteiger partial charge < -0.3 is 10.3 Å². The number of carbonyl (C=O) groups is 1. The van der Waals surface area contributed by atoms with Crippen molar-refractivity contribution in [1.82, 2.24) is 30.0 Å². The summed E-state index contributed by atoms with van der Waals surface area (Å²) < 4.78 is 1.82. The molecule has 0 radical (unpaired) electrons. The van der Waals surface area contributed by atoms with Crippen LogP contribution in [0.1, 0.15) is 31.1 Å². The lowest BCUT2D eigenvalue weighted by Crippen LogP contribution is -2.40. The van der Waals surface area contributed by atoms with Gasteiger partial charge in [-0.3, -0.25) is 9.48 Å². The third kappa shape index (κ3) is 2.71. The number of nitrogens with zero attached hydrogens (tertiary/aromatic N) is 4. The van der Waals surface area contributed by atoms with Crippen LogP contribution in [0, 0.1) is 0 Å². The largest absolute Gasteiger partial charge is 0.347 e. The molecule has 132 valence electrons. The molecule has 1 aromatic carbocycles. The van der Waals surface area contributed by atoms with E-state index in [2.05, 4.69) is 25.4 Å². The summed E-state index contributed by atoms with van der Waals surface area (Å²) in [6.07, 6.45) is 3.32. The van der Waals surface area contributed by atoms with E-state index in [9.17, 15) is 4.79 Å². The van der Waals surface area contributed by atoms with Crippen molar-refractivity contribution in [3.63, 3.8) is 0 Å². The first-order valence-corrected chi connectivity index (χ1v) is 8.42. The fourth-order valence-electron chi connectivity index (χ4n) is 2.99. The minimum Gasteiger partial charge on any atom is -0.347 e. The Morgan fingerprint density at radius 3 is 2.77 bits per heavy atom. The quantitative estimate of drug-likeness (QED) is 0.583. The Balaban J connectivity index is 1.85. The van der Waals surface area contributed by atoms with Crippen molar-refractivity contribution < 1.29 is 4.79 Å². The summed E-state index contributed by atoms with van der Waals surface area (Å²) in [4.78, 5) is 24.7. The van der Waals surface area contributed by atoms with Crippen molar-refractivity contribution in [3.8, 4) is 11.4 Å². The van der Waals surface area contributed by atoms with Crippen LogP contribution in [0.15, 0.2) is 36.7 Å². The van der Waals surface area contributed by atoms with E-state index in [0.717, 1.165) is 16.6 Å².